The lowest BCUT2D eigenvalue weighted by Crippen LogP contribution is -2.02. The summed E-state index contributed by atoms with van der Waals surface area (Å²) in [6, 6.07) is 22.1. The molecule has 4 heteroatoms. The van der Waals surface area contributed by atoms with E-state index in [9.17, 15) is 4.79 Å². The van der Waals surface area contributed by atoms with Crippen LogP contribution in [0.5, 0.6) is 0 Å². The van der Waals surface area contributed by atoms with Crippen molar-refractivity contribution in [3.63, 3.8) is 0 Å². The normalized spacial score (nSPS) is 13.5. The highest BCUT2D eigenvalue weighted by Crippen LogP contribution is 2.40. The number of rotatable bonds is 6. The zero-order valence-corrected chi connectivity index (χ0v) is 16.2. The second-order valence-corrected chi connectivity index (χ2v) is 7.47. The predicted octanol–water partition coefficient (Wildman–Crippen LogP) is 5.15. The van der Waals surface area contributed by atoms with Crippen LogP contribution in [-0.2, 0) is 16.1 Å². The van der Waals surface area contributed by atoms with Gasteiger partial charge in [0.25, 0.3) is 0 Å². The molecule has 0 saturated heterocycles. The molecular formula is C25H24N2O2. The number of carbonyl (C=O) groups excluding carboxylic acids is 1. The van der Waals surface area contributed by atoms with E-state index in [2.05, 4.69) is 36.4 Å². The number of nitrogen functional groups attached to an aromatic ring is 2. The van der Waals surface area contributed by atoms with Gasteiger partial charge in [0.05, 0.1) is 0 Å². The molecule has 0 aromatic heterocycles. The van der Waals surface area contributed by atoms with Crippen LogP contribution in [0.15, 0.2) is 72.8 Å². The zero-order chi connectivity index (χ0) is 20.2. The maximum atomic E-state index is 12.0. The fourth-order valence-corrected chi connectivity index (χ4v) is 3.35. The Bertz CT molecular complexity index is 1010. The molecule has 29 heavy (non-hydrogen) atoms. The number of anilines is 2. The molecule has 3 aromatic rings. The van der Waals surface area contributed by atoms with Crippen LogP contribution in [0.2, 0.25) is 0 Å². The molecule has 3 aromatic carbocycles. The van der Waals surface area contributed by atoms with Gasteiger partial charge in [-0.2, -0.15) is 0 Å². The molecule has 0 spiro atoms. The Hall–Kier alpha value is -3.53. The van der Waals surface area contributed by atoms with E-state index in [0.29, 0.717) is 11.4 Å². The summed E-state index contributed by atoms with van der Waals surface area (Å²) < 4.78 is 5.25. The molecule has 0 radical (unpaired) electrons. The zero-order valence-electron chi connectivity index (χ0n) is 16.2. The molecule has 0 atom stereocenters. The van der Waals surface area contributed by atoms with E-state index in [0.717, 1.165) is 22.6 Å². The van der Waals surface area contributed by atoms with Crippen LogP contribution in [0, 0.1) is 0 Å². The van der Waals surface area contributed by atoms with Crippen LogP contribution in [0.1, 0.15) is 35.4 Å². The second-order valence-electron chi connectivity index (χ2n) is 7.47. The first-order chi connectivity index (χ1) is 14.1. The molecule has 1 fully saturated rings. The summed E-state index contributed by atoms with van der Waals surface area (Å²) >= 11 is 0. The predicted molar refractivity (Wildman–Crippen MR) is 118 cm³/mol. The topological polar surface area (TPSA) is 78.3 Å². The van der Waals surface area contributed by atoms with Crippen molar-refractivity contribution in [3.05, 3.63) is 89.5 Å². The summed E-state index contributed by atoms with van der Waals surface area (Å²) in [7, 11) is 0. The number of ether oxygens (including phenoxy) is 1. The molecule has 4 nitrogen and oxygen atoms in total. The molecule has 1 aliphatic rings. The van der Waals surface area contributed by atoms with Gasteiger partial charge >= 0.3 is 5.97 Å². The molecule has 4 N–H and O–H groups in total. The van der Waals surface area contributed by atoms with Crippen molar-refractivity contribution in [1.82, 2.24) is 0 Å². The highest BCUT2D eigenvalue weighted by Gasteiger charge is 2.22. The molecule has 0 unspecified atom stereocenters. The Morgan fingerprint density at radius 1 is 0.897 bits per heavy atom. The van der Waals surface area contributed by atoms with Crippen molar-refractivity contribution in [2.75, 3.05) is 11.5 Å². The Kier molecular flexibility index (Phi) is 5.34. The Morgan fingerprint density at radius 3 is 2.07 bits per heavy atom. The van der Waals surface area contributed by atoms with Gasteiger partial charge in [-0.25, -0.2) is 4.79 Å². The molecule has 1 aliphatic carbocycles. The first kappa shape index (κ1) is 18.8. The van der Waals surface area contributed by atoms with Crippen molar-refractivity contribution in [1.29, 1.82) is 0 Å². The monoisotopic (exact) mass is 384 g/mol. The Morgan fingerprint density at radius 2 is 1.48 bits per heavy atom. The van der Waals surface area contributed by atoms with Gasteiger partial charge in [-0.15, -0.1) is 0 Å². The van der Waals surface area contributed by atoms with E-state index in [1.165, 1.54) is 30.0 Å². The minimum atomic E-state index is -0.411. The van der Waals surface area contributed by atoms with Gasteiger partial charge in [0.15, 0.2) is 0 Å². The largest absolute Gasteiger partial charge is 0.458 e. The first-order valence-corrected chi connectivity index (χ1v) is 9.77. The van der Waals surface area contributed by atoms with Crippen LogP contribution in [0.25, 0.3) is 17.2 Å². The molecule has 4 rings (SSSR count). The third-order valence-corrected chi connectivity index (χ3v) is 5.03. The van der Waals surface area contributed by atoms with Crippen LogP contribution < -0.4 is 11.5 Å². The average Bonchev–Trinajstić information content (AvgIpc) is 3.56. The van der Waals surface area contributed by atoms with Crippen molar-refractivity contribution in [2.45, 2.75) is 25.4 Å². The van der Waals surface area contributed by atoms with E-state index >= 15 is 0 Å². The van der Waals surface area contributed by atoms with Gasteiger partial charge in [-0.05, 0) is 70.9 Å². The fourth-order valence-electron chi connectivity index (χ4n) is 3.35. The highest BCUT2D eigenvalue weighted by molar-refractivity contribution is 5.87. The third kappa shape index (κ3) is 5.05. The Labute approximate surface area is 170 Å². The smallest absolute Gasteiger partial charge is 0.331 e. The summed E-state index contributed by atoms with van der Waals surface area (Å²) in [5.74, 6) is 0.360. The minimum absolute atomic E-state index is 0.133. The standard InChI is InChI=1S/C25H24N2O2/c26-23-13-18(14-24(27)15-23)16-29-25(28)12-3-17-1-4-19(5-2-17)20-6-8-21(9-7-20)22-10-11-22/h1-9,12-15,22H,10-11,16,26-27H2/b12-3+. The van der Waals surface area contributed by atoms with Gasteiger partial charge in [0.2, 0.25) is 0 Å². The quantitative estimate of drug-likeness (QED) is 0.350. The van der Waals surface area contributed by atoms with Gasteiger partial charge in [0, 0.05) is 17.5 Å². The maximum absolute atomic E-state index is 12.0. The van der Waals surface area contributed by atoms with E-state index in [1.807, 2.05) is 12.1 Å². The summed E-state index contributed by atoms with van der Waals surface area (Å²) in [4.78, 5) is 12.0. The molecule has 146 valence electrons. The average molecular weight is 384 g/mol. The van der Waals surface area contributed by atoms with Crippen LogP contribution in [0.4, 0.5) is 11.4 Å². The van der Waals surface area contributed by atoms with Crippen molar-refractivity contribution >= 4 is 23.4 Å². The lowest BCUT2D eigenvalue weighted by atomic mass is 10.0. The van der Waals surface area contributed by atoms with Crippen LogP contribution in [-0.4, -0.2) is 5.97 Å². The van der Waals surface area contributed by atoms with Crippen LogP contribution in [0.3, 0.4) is 0 Å². The number of carbonyl (C=O) groups is 1. The molecule has 1 saturated carbocycles. The van der Waals surface area contributed by atoms with Gasteiger partial charge in [-0.3, -0.25) is 0 Å². The molecule has 0 bridgehead atoms. The number of hydrogen-bond donors (Lipinski definition) is 2. The van der Waals surface area contributed by atoms with Gasteiger partial charge < -0.3 is 16.2 Å². The number of nitrogens with two attached hydrogens (primary N) is 2. The van der Waals surface area contributed by atoms with Crippen molar-refractivity contribution in [3.8, 4) is 11.1 Å². The number of benzene rings is 3. The minimum Gasteiger partial charge on any atom is -0.458 e. The van der Waals surface area contributed by atoms with Gasteiger partial charge in [-0.1, -0.05) is 48.5 Å². The molecular weight excluding hydrogens is 360 g/mol. The van der Waals surface area contributed by atoms with E-state index in [1.54, 1.807) is 24.3 Å². The number of hydrogen-bond acceptors (Lipinski definition) is 4. The van der Waals surface area contributed by atoms with E-state index in [4.69, 9.17) is 16.2 Å². The fraction of sp³-hybridized carbons (Fsp3) is 0.160. The summed E-state index contributed by atoms with van der Waals surface area (Å²) in [6.45, 7) is 0.133. The van der Waals surface area contributed by atoms with Gasteiger partial charge in [0.1, 0.15) is 6.61 Å². The SMILES string of the molecule is Nc1cc(N)cc(COC(=O)/C=C/c2ccc(-c3ccc(C4CC4)cc3)cc2)c1. The first-order valence-electron chi connectivity index (χ1n) is 9.77. The summed E-state index contributed by atoms with van der Waals surface area (Å²) in [5, 5.41) is 0. The molecule has 0 heterocycles. The number of esters is 1. The summed E-state index contributed by atoms with van der Waals surface area (Å²) in [6.07, 6.45) is 5.80. The highest BCUT2D eigenvalue weighted by atomic mass is 16.5. The van der Waals surface area contributed by atoms with E-state index < -0.39 is 5.97 Å². The second kappa shape index (κ2) is 8.23. The van der Waals surface area contributed by atoms with Crippen molar-refractivity contribution < 1.29 is 9.53 Å². The maximum Gasteiger partial charge on any atom is 0.331 e. The van der Waals surface area contributed by atoms with E-state index in [-0.39, 0.29) is 6.61 Å². The van der Waals surface area contributed by atoms with Crippen molar-refractivity contribution in [2.24, 2.45) is 0 Å². The lowest BCUT2D eigenvalue weighted by Gasteiger charge is -2.05. The molecule has 0 amide bonds. The Balaban J connectivity index is 1.33. The van der Waals surface area contributed by atoms with Crippen LogP contribution >= 0.6 is 0 Å². The third-order valence-electron chi connectivity index (χ3n) is 5.03. The molecule has 0 aliphatic heterocycles. The lowest BCUT2D eigenvalue weighted by molar-refractivity contribution is -0.138. The summed E-state index contributed by atoms with van der Waals surface area (Å²) in [5.41, 5.74) is 18.1.